The summed E-state index contributed by atoms with van der Waals surface area (Å²) in [5, 5.41) is 0. The molecule has 2 heterocycles. The van der Waals surface area contributed by atoms with Crippen LogP contribution in [0.15, 0.2) is 30.3 Å². The third kappa shape index (κ3) is 3.98. The zero-order valence-electron chi connectivity index (χ0n) is 16.5. The van der Waals surface area contributed by atoms with Crippen LogP contribution in [0.4, 0.5) is 5.82 Å². The molecule has 140 valence electrons. The van der Waals surface area contributed by atoms with E-state index in [0.717, 1.165) is 42.6 Å². The number of benzene rings is 1. The normalized spacial score (nSPS) is 17.6. The van der Waals surface area contributed by atoms with Gasteiger partial charge in [0.2, 0.25) is 0 Å². The van der Waals surface area contributed by atoms with Gasteiger partial charge in [0.05, 0.1) is 19.4 Å². The van der Waals surface area contributed by atoms with Crippen molar-refractivity contribution in [3.05, 3.63) is 47.4 Å². The third-order valence-electron chi connectivity index (χ3n) is 4.82. The fourth-order valence-electron chi connectivity index (χ4n) is 3.43. The van der Waals surface area contributed by atoms with E-state index in [1.165, 1.54) is 5.56 Å². The molecule has 1 atom stereocenters. The van der Waals surface area contributed by atoms with Crippen molar-refractivity contribution in [3.8, 4) is 5.75 Å². The number of anilines is 1. The summed E-state index contributed by atoms with van der Waals surface area (Å²) >= 11 is 0. The first-order chi connectivity index (χ1) is 12.4. The second-order valence-corrected chi connectivity index (χ2v) is 7.90. The summed E-state index contributed by atoms with van der Waals surface area (Å²) in [5.74, 6) is 3.28. The van der Waals surface area contributed by atoms with Crippen molar-refractivity contribution in [3.63, 3.8) is 0 Å². The molecule has 1 aromatic heterocycles. The van der Waals surface area contributed by atoms with Crippen LogP contribution in [0.2, 0.25) is 0 Å². The molecule has 1 saturated heterocycles. The van der Waals surface area contributed by atoms with Crippen LogP contribution in [-0.2, 0) is 16.8 Å². The lowest BCUT2D eigenvalue weighted by atomic mass is 9.95. The number of ether oxygens (including phenoxy) is 2. The monoisotopic (exact) mass is 355 g/mol. The molecule has 0 saturated carbocycles. The van der Waals surface area contributed by atoms with Gasteiger partial charge in [0.25, 0.3) is 0 Å². The number of rotatable bonds is 5. The molecule has 26 heavy (non-hydrogen) atoms. The lowest BCUT2D eigenvalue weighted by molar-refractivity contribution is 0.181. The lowest BCUT2D eigenvalue weighted by Crippen LogP contribution is -2.24. The summed E-state index contributed by atoms with van der Waals surface area (Å²) in [6.07, 6.45) is 1.09. The van der Waals surface area contributed by atoms with Crippen molar-refractivity contribution in [1.82, 2.24) is 9.97 Å². The van der Waals surface area contributed by atoms with Gasteiger partial charge in [-0.15, -0.1) is 0 Å². The Hall–Kier alpha value is -2.14. The van der Waals surface area contributed by atoms with Gasteiger partial charge in [0.1, 0.15) is 17.4 Å². The van der Waals surface area contributed by atoms with Crippen LogP contribution >= 0.6 is 0 Å². The largest absolute Gasteiger partial charge is 0.496 e. The number of nitrogens with zero attached hydrogens (tertiary/aromatic N) is 3. The molecular formula is C21H29N3O2. The molecule has 0 radical (unpaired) electrons. The maximum atomic E-state index is 5.55. The minimum atomic E-state index is -0.0969. The lowest BCUT2D eigenvalue weighted by Gasteiger charge is -2.23. The molecule has 1 aromatic carbocycles. The van der Waals surface area contributed by atoms with Crippen molar-refractivity contribution < 1.29 is 9.47 Å². The highest BCUT2D eigenvalue weighted by Crippen LogP contribution is 2.35. The molecule has 1 unspecified atom stereocenters. The molecule has 0 spiro atoms. The molecule has 1 aliphatic rings. The van der Waals surface area contributed by atoms with Crippen LogP contribution in [0, 0.1) is 0 Å². The van der Waals surface area contributed by atoms with E-state index >= 15 is 0 Å². The van der Waals surface area contributed by atoms with E-state index in [1.807, 2.05) is 12.1 Å². The van der Waals surface area contributed by atoms with Gasteiger partial charge in [0.15, 0.2) is 0 Å². The van der Waals surface area contributed by atoms with Crippen LogP contribution in [0.25, 0.3) is 0 Å². The van der Waals surface area contributed by atoms with Gasteiger partial charge in [0, 0.05) is 37.6 Å². The summed E-state index contributed by atoms with van der Waals surface area (Å²) < 4.78 is 10.9. The third-order valence-corrected chi connectivity index (χ3v) is 4.82. The van der Waals surface area contributed by atoms with Crippen molar-refractivity contribution >= 4 is 5.82 Å². The average molecular weight is 355 g/mol. The first-order valence-electron chi connectivity index (χ1n) is 9.17. The fourth-order valence-corrected chi connectivity index (χ4v) is 3.43. The molecule has 2 aromatic rings. The highest BCUT2D eigenvalue weighted by molar-refractivity contribution is 5.45. The van der Waals surface area contributed by atoms with Gasteiger partial charge in [-0.3, -0.25) is 0 Å². The molecule has 0 N–H and O–H groups in total. The van der Waals surface area contributed by atoms with Crippen molar-refractivity contribution in [2.45, 2.75) is 45.1 Å². The Morgan fingerprint density at radius 3 is 2.62 bits per heavy atom. The second-order valence-electron chi connectivity index (χ2n) is 7.90. The Balaban J connectivity index is 1.87. The van der Waals surface area contributed by atoms with Gasteiger partial charge < -0.3 is 14.4 Å². The fraction of sp³-hybridized carbons (Fsp3) is 0.524. The maximum absolute atomic E-state index is 5.55. The molecule has 5 nitrogen and oxygen atoms in total. The molecular weight excluding hydrogens is 326 g/mol. The molecule has 3 rings (SSSR count). The first kappa shape index (κ1) is 18.6. The summed E-state index contributed by atoms with van der Waals surface area (Å²) in [7, 11) is 3.44. The number of hydrogen-bond acceptors (Lipinski definition) is 5. The average Bonchev–Trinajstić information content (AvgIpc) is 3.11. The molecule has 1 fully saturated rings. The van der Waals surface area contributed by atoms with E-state index in [1.54, 1.807) is 14.2 Å². The Morgan fingerprint density at radius 2 is 1.92 bits per heavy atom. The van der Waals surface area contributed by atoms with Crippen molar-refractivity contribution in [1.29, 1.82) is 0 Å². The Kier molecular flexibility index (Phi) is 5.47. The van der Waals surface area contributed by atoms with Gasteiger partial charge in [-0.05, 0) is 18.1 Å². The van der Waals surface area contributed by atoms with E-state index < -0.39 is 0 Å². The second kappa shape index (κ2) is 7.62. The van der Waals surface area contributed by atoms with Crippen LogP contribution < -0.4 is 9.64 Å². The highest BCUT2D eigenvalue weighted by Gasteiger charge is 2.28. The van der Waals surface area contributed by atoms with Crippen LogP contribution in [0.1, 0.15) is 50.2 Å². The number of aromatic nitrogens is 2. The summed E-state index contributed by atoms with van der Waals surface area (Å²) in [5.41, 5.74) is 2.11. The minimum Gasteiger partial charge on any atom is -0.496 e. The molecule has 0 aliphatic carbocycles. The Bertz CT molecular complexity index is 755. The van der Waals surface area contributed by atoms with Crippen LogP contribution in [-0.4, -0.2) is 37.3 Å². The Morgan fingerprint density at radius 1 is 1.15 bits per heavy atom. The summed E-state index contributed by atoms with van der Waals surface area (Å²) in [6, 6.07) is 10.4. The van der Waals surface area contributed by atoms with Gasteiger partial charge in [-0.2, -0.15) is 0 Å². The van der Waals surface area contributed by atoms with Crippen molar-refractivity contribution in [2.24, 2.45) is 0 Å². The van der Waals surface area contributed by atoms with Crippen molar-refractivity contribution in [2.75, 3.05) is 32.2 Å². The smallest absolute Gasteiger partial charge is 0.136 e. The standard InChI is InChI=1S/C21H29N3O2/c1-21(2,3)20-22-16(14-25-4)12-19(23-20)24-11-10-15(13-24)17-8-6-7-9-18(17)26-5/h6-9,12,15H,10-11,13-14H2,1-5H3. The number of para-hydroxylation sites is 1. The number of hydrogen-bond donors (Lipinski definition) is 0. The van der Waals surface area contributed by atoms with E-state index in [9.17, 15) is 0 Å². The molecule has 1 aliphatic heterocycles. The predicted molar refractivity (Wildman–Crippen MR) is 104 cm³/mol. The van der Waals surface area contributed by atoms with Gasteiger partial charge in [-0.25, -0.2) is 9.97 Å². The molecule has 0 bridgehead atoms. The molecule has 0 amide bonds. The SMILES string of the molecule is COCc1cc(N2CCC(c3ccccc3OC)C2)nc(C(C)(C)C)n1. The maximum Gasteiger partial charge on any atom is 0.136 e. The summed E-state index contributed by atoms with van der Waals surface area (Å²) in [6.45, 7) is 8.85. The van der Waals surface area contributed by atoms with E-state index in [2.05, 4.69) is 48.9 Å². The predicted octanol–water partition coefficient (Wildman–Crippen LogP) is 3.92. The molecule has 5 heteroatoms. The zero-order valence-corrected chi connectivity index (χ0v) is 16.5. The number of methoxy groups -OCH3 is 2. The van der Waals surface area contributed by atoms with Gasteiger partial charge >= 0.3 is 0 Å². The van der Waals surface area contributed by atoms with Crippen LogP contribution in [0.5, 0.6) is 5.75 Å². The minimum absolute atomic E-state index is 0.0969. The van der Waals surface area contributed by atoms with Crippen LogP contribution in [0.3, 0.4) is 0 Å². The first-order valence-corrected chi connectivity index (χ1v) is 9.17. The Labute approximate surface area is 156 Å². The summed E-state index contributed by atoms with van der Waals surface area (Å²) in [4.78, 5) is 11.9. The van der Waals surface area contributed by atoms with E-state index in [-0.39, 0.29) is 5.41 Å². The zero-order chi connectivity index (χ0) is 18.7. The quantitative estimate of drug-likeness (QED) is 0.813. The van der Waals surface area contributed by atoms with Gasteiger partial charge in [-0.1, -0.05) is 39.0 Å². The topological polar surface area (TPSA) is 47.5 Å². The highest BCUT2D eigenvalue weighted by atomic mass is 16.5. The van der Waals surface area contributed by atoms with E-state index in [0.29, 0.717) is 12.5 Å². The van der Waals surface area contributed by atoms with E-state index in [4.69, 9.17) is 14.5 Å².